The van der Waals surface area contributed by atoms with E-state index in [1.807, 2.05) is 57.2 Å². The fraction of sp³-hybridized carbons (Fsp3) is 0.258. The number of hydrogen-bond acceptors (Lipinski definition) is 5. The number of urea groups is 1. The molecule has 2 heterocycles. The number of pyridine rings is 2. The van der Waals surface area contributed by atoms with Crippen LogP contribution in [0.4, 0.5) is 19.3 Å². The lowest BCUT2D eigenvalue weighted by molar-refractivity contribution is 0.0878. The molecule has 2 amide bonds. The first-order valence-electron chi connectivity index (χ1n) is 13.0. The van der Waals surface area contributed by atoms with Crippen molar-refractivity contribution >= 4 is 11.7 Å². The third-order valence-electron chi connectivity index (χ3n) is 7.32. The van der Waals surface area contributed by atoms with Crippen molar-refractivity contribution in [2.75, 3.05) is 5.32 Å². The molecule has 2 aromatic heterocycles. The summed E-state index contributed by atoms with van der Waals surface area (Å²) in [5.41, 5.74) is 4.70. The van der Waals surface area contributed by atoms with E-state index in [1.54, 1.807) is 18.3 Å². The Bertz CT molecular complexity index is 1560. The predicted octanol–water partition coefficient (Wildman–Crippen LogP) is 5.79. The number of carbonyl (C=O) groups is 1. The van der Waals surface area contributed by atoms with Gasteiger partial charge in [-0.25, -0.2) is 18.6 Å². The summed E-state index contributed by atoms with van der Waals surface area (Å²) in [5.74, 6) is -2.01. The predicted molar refractivity (Wildman–Crippen MR) is 148 cm³/mol. The van der Waals surface area contributed by atoms with E-state index in [-0.39, 0.29) is 13.0 Å². The molecule has 40 heavy (non-hydrogen) atoms. The molecule has 0 saturated heterocycles. The van der Waals surface area contributed by atoms with Crippen LogP contribution in [0.1, 0.15) is 48.7 Å². The van der Waals surface area contributed by atoms with Crippen molar-refractivity contribution in [1.29, 1.82) is 0 Å². The van der Waals surface area contributed by atoms with E-state index in [0.717, 1.165) is 28.8 Å². The molecule has 9 heteroatoms. The topological polar surface area (TPSA) is 107 Å². The standard InChI is InChI=1S/C31H30F2N4O3/c1-17-11-25(28(18-7-5-4-6-8-18)36-27(17)19-9-10-20(16-38)34-15-19)35-30(40)37-29-21-12-23(32)24(33)13-22(21)31(2,3)14-26(29)39/h4-13,15,26,29,38-39H,14,16H2,1-3H3,(H2,35,37,40)/t26-,29-/m1/s1. The number of hydrogen-bond donors (Lipinski definition) is 4. The van der Waals surface area contributed by atoms with Gasteiger partial charge in [0.2, 0.25) is 0 Å². The molecule has 2 atom stereocenters. The fourth-order valence-electron chi connectivity index (χ4n) is 5.31. The molecular weight excluding hydrogens is 514 g/mol. The van der Waals surface area contributed by atoms with E-state index >= 15 is 0 Å². The Kier molecular flexibility index (Phi) is 7.35. The third-order valence-corrected chi connectivity index (χ3v) is 7.32. The molecule has 0 unspecified atom stereocenters. The third kappa shape index (κ3) is 5.30. The zero-order chi connectivity index (χ0) is 28.6. The maximum Gasteiger partial charge on any atom is 0.319 e. The van der Waals surface area contributed by atoms with Crippen molar-refractivity contribution in [2.24, 2.45) is 0 Å². The first-order chi connectivity index (χ1) is 19.1. The maximum atomic E-state index is 14.2. The van der Waals surface area contributed by atoms with Crippen LogP contribution in [-0.2, 0) is 12.0 Å². The number of amides is 2. The molecule has 1 aliphatic carbocycles. The van der Waals surface area contributed by atoms with Crippen molar-refractivity contribution in [3.63, 3.8) is 0 Å². The molecule has 2 aromatic carbocycles. The highest BCUT2D eigenvalue weighted by molar-refractivity contribution is 5.94. The zero-order valence-electron chi connectivity index (χ0n) is 22.4. The molecule has 0 spiro atoms. The van der Waals surface area contributed by atoms with Gasteiger partial charge in [-0.2, -0.15) is 0 Å². The molecule has 0 aliphatic heterocycles. The highest BCUT2D eigenvalue weighted by atomic mass is 19.2. The number of carbonyl (C=O) groups excluding carboxylic acids is 1. The SMILES string of the molecule is Cc1cc(NC(=O)N[C@@H]2c3cc(F)c(F)cc3C(C)(C)C[C@H]2O)c(-c2ccccc2)nc1-c1ccc(CO)nc1. The number of aliphatic hydroxyl groups excluding tert-OH is 2. The average molecular weight is 545 g/mol. The second-order valence-corrected chi connectivity index (χ2v) is 10.7. The first-order valence-corrected chi connectivity index (χ1v) is 13.0. The molecular formula is C31H30F2N4O3. The largest absolute Gasteiger partial charge is 0.391 e. The van der Waals surface area contributed by atoms with Gasteiger partial charge in [-0.3, -0.25) is 4.98 Å². The molecule has 5 rings (SSSR count). The summed E-state index contributed by atoms with van der Waals surface area (Å²) in [6.07, 6.45) is 0.883. The summed E-state index contributed by atoms with van der Waals surface area (Å²) >= 11 is 0. The average Bonchev–Trinajstić information content (AvgIpc) is 2.93. The van der Waals surface area contributed by atoms with Crippen molar-refractivity contribution in [3.05, 3.63) is 101 Å². The van der Waals surface area contributed by atoms with Gasteiger partial charge in [-0.15, -0.1) is 0 Å². The Hall–Kier alpha value is -4.21. The Morgan fingerprint density at radius 3 is 2.42 bits per heavy atom. The van der Waals surface area contributed by atoms with Gasteiger partial charge in [0.1, 0.15) is 0 Å². The number of nitrogens with one attached hydrogen (secondary N) is 2. The Morgan fingerprint density at radius 2 is 1.75 bits per heavy atom. The lowest BCUT2D eigenvalue weighted by Gasteiger charge is -2.40. The monoisotopic (exact) mass is 544 g/mol. The number of anilines is 1. The summed E-state index contributed by atoms with van der Waals surface area (Å²) in [6, 6.07) is 15.3. The van der Waals surface area contributed by atoms with Crippen molar-refractivity contribution < 1.29 is 23.8 Å². The normalized spacial score (nSPS) is 17.7. The van der Waals surface area contributed by atoms with Crippen molar-refractivity contribution in [1.82, 2.24) is 15.3 Å². The Labute approximate surface area is 231 Å². The number of aliphatic hydroxyl groups is 2. The van der Waals surface area contributed by atoms with Gasteiger partial charge < -0.3 is 20.8 Å². The van der Waals surface area contributed by atoms with E-state index in [0.29, 0.717) is 33.9 Å². The number of aryl methyl sites for hydroxylation is 1. The van der Waals surface area contributed by atoms with Crippen LogP contribution in [-0.4, -0.2) is 32.3 Å². The minimum Gasteiger partial charge on any atom is -0.391 e. The van der Waals surface area contributed by atoms with Crippen LogP contribution in [0.15, 0.2) is 66.9 Å². The van der Waals surface area contributed by atoms with E-state index in [1.165, 1.54) is 0 Å². The Balaban J connectivity index is 1.49. The van der Waals surface area contributed by atoms with Crippen LogP contribution < -0.4 is 10.6 Å². The molecule has 0 bridgehead atoms. The molecule has 0 saturated carbocycles. The molecule has 4 N–H and O–H groups in total. The van der Waals surface area contributed by atoms with Gasteiger partial charge in [0.25, 0.3) is 0 Å². The fourth-order valence-corrected chi connectivity index (χ4v) is 5.31. The van der Waals surface area contributed by atoms with Crippen LogP contribution in [0.3, 0.4) is 0 Å². The summed E-state index contributed by atoms with van der Waals surface area (Å²) in [6.45, 7) is 5.38. The maximum absolute atomic E-state index is 14.2. The zero-order valence-corrected chi connectivity index (χ0v) is 22.4. The van der Waals surface area contributed by atoms with Crippen LogP contribution in [0.2, 0.25) is 0 Å². The van der Waals surface area contributed by atoms with Crippen LogP contribution in [0.25, 0.3) is 22.5 Å². The quantitative estimate of drug-likeness (QED) is 0.254. The lowest BCUT2D eigenvalue weighted by Crippen LogP contribution is -2.45. The summed E-state index contributed by atoms with van der Waals surface area (Å²) < 4.78 is 28.3. The van der Waals surface area contributed by atoms with Gasteiger partial charge in [-0.1, -0.05) is 44.2 Å². The summed E-state index contributed by atoms with van der Waals surface area (Å²) in [5, 5.41) is 25.9. The Morgan fingerprint density at radius 1 is 1.02 bits per heavy atom. The molecule has 7 nitrogen and oxygen atoms in total. The second kappa shape index (κ2) is 10.7. The van der Waals surface area contributed by atoms with Gasteiger partial charge in [0.05, 0.1) is 41.5 Å². The van der Waals surface area contributed by atoms with Crippen LogP contribution in [0.5, 0.6) is 0 Å². The van der Waals surface area contributed by atoms with Crippen LogP contribution >= 0.6 is 0 Å². The number of nitrogens with zero attached hydrogens (tertiary/aromatic N) is 2. The molecule has 0 radical (unpaired) electrons. The van der Waals surface area contributed by atoms with Gasteiger partial charge in [0.15, 0.2) is 11.6 Å². The summed E-state index contributed by atoms with van der Waals surface area (Å²) in [7, 11) is 0. The number of benzene rings is 2. The molecule has 1 aliphatic rings. The number of halogens is 2. The number of aromatic nitrogens is 2. The highest BCUT2D eigenvalue weighted by Crippen LogP contribution is 2.42. The minimum atomic E-state index is -1.04. The summed E-state index contributed by atoms with van der Waals surface area (Å²) in [4.78, 5) is 22.4. The van der Waals surface area contributed by atoms with E-state index in [9.17, 15) is 23.8 Å². The molecule has 4 aromatic rings. The second-order valence-electron chi connectivity index (χ2n) is 10.7. The van der Waals surface area contributed by atoms with E-state index in [2.05, 4.69) is 15.6 Å². The lowest BCUT2D eigenvalue weighted by atomic mass is 9.69. The van der Waals surface area contributed by atoms with E-state index < -0.39 is 35.2 Å². The number of rotatable bonds is 5. The minimum absolute atomic E-state index is 0.167. The van der Waals surface area contributed by atoms with Crippen molar-refractivity contribution in [3.8, 4) is 22.5 Å². The van der Waals surface area contributed by atoms with Gasteiger partial charge in [-0.05, 0) is 65.8 Å². The first kappa shape index (κ1) is 27.4. The van der Waals surface area contributed by atoms with Gasteiger partial charge in [0, 0.05) is 17.3 Å². The molecule has 0 fully saturated rings. The highest BCUT2D eigenvalue weighted by Gasteiger charge is 2.40. The van der Waals surface area contributed by atoms with Crippen LogP contribution in [0, 0.1) is 18.6 Å². The van der Waals surface area contributed by atoms with Crippen molar-refractivity contribution in [2.45, 2.75) is 51.4 Å². The number of fused-ring (bicyclic) bond motifs is 1. The van der Waals surface area contributed by atoms with E-state index in [4.69, 9.17) is 4.98 Å². The smallest absolute Gasteiger partial charge is 0.319 e. The van der Waals surface area contributed by atoms with Gasteiger partial charge >= 0.3 is 6.03 Å². The molecule has 206 valence electrons.